The van der Waals surface area contributed by atoms with Crippen molar-refractivity contribution in [2.24, 2.45) is 0 Å². The molecule has 0 unspecified atom stereocenters. The van der Waals surface area contributed by atoms with Gasteiger partial charge in [-0.25, -0.2) is 9.67 Å². The molecule has 0 radical (unpaired) electrons. The second kappa shape index (κ2) is 9.51. The van der Waals surface area contributed by atoms with Gasteiger partial charge in [0.05, 0.1) is 11.4 Å². The molecule has 0 fully saturated rings. The molecule has 4 aromatic rings. The average Bonchev–Trinajstić information content (AvgIpc) is 3.37. The Bertz CT molecular complexity index is 1220. The fraction of sp³-hybridized carbons (Fsp3) is 0.136. The number of benzene rings is 2. The number of thiophene rings is 1. The van der Waals surface area contributed by atoms with E-state index < -0.39 is 0 Å². The first kappa shape index (κ1) is 21.4. The zero-order valence-electron chi connectivity index (χ0n) is 16.5. The van der Waals surface area contributed by atoms with Crippen LogP contribution < -0.4 is 10.1 Å². The summed E-state index contributed by atoms with van der Waals surface area (Å²) in [6.07, 6.45) is 1.57. The largest absolute Gasteiger partial charge is 0.489 e. The molecule has 0 aliphatic carbocycles. The van der Waals surface area contributed by atoms with Crippen LogP contribution in [-0.2, 0) is 13.2 Å². The Morgan fingerprint density at radius 1 is 1.13 bits per heavy atom. The van der Waals surface area contributed by atoms with E-state index in [2.05, 4.69) is 15.4 Å². The summed E-state index contributed by atoms with van der Waals surface area (Å²) >= 11 is 13.3. The molecule has 9 heteroatoms. The number of carbonyl (C=O) groups excluding carboxylic acids is 1. The van der Waals surface area contributed by atoms with Crippen molar-refractivity contribution in [3.8, 4) is 5.75 Å². The Balaban J connectivity index is 1.34. The molecule has 0 aliphatic heterocycles. The van der Waals surface area contributed by atoms with E-state index in [-0.39, 0.29) is 11.9 Å². The lowest BCUT2D eigenvalue weighted by Crippen LogP contribution is -2.12. The topological polar surface area (TPSA) is 69.0 Å². The second-order valence-electron chi connectivity index (χ2n) is 6.87. The lowest BCUT2D eigenvalue weighted by molar-refractivity contribution is 0.102. The molecular formula is C22H18Cl2N4O2S. The number of rotatable bonds is 7. The molecule has 0 aliphatic rings. The Labute approximate surface area is 193 Å². The maximum atomic E-state index is 12.5. The Hall–Kier alpha value is -2.87. The van der Waals surface area contributed by atoms with Crippen molar-refractivity contribution in [2.45, 2.75) is 20.1 Å². The predicted octanol–water partition coefficient (Wildman–Crippen LogP) is 5.83. The normalized spacial score (nSPS) is 10.8. The summed E-state index contributed by atoms with van der Waals surface area (Å²) in [6.45, 7) is 2.80. The van der Waals surface area contributed by atoms with Crippen LogP contribution in [0, 0.1) is 6.92 Å². The molecule has 2 aromatic carbocycles. The first-order valence-electron chi connectivity index (χ1n) is 9.38. The number of amides is 1. The van der Waals surface area contributed by atoms with E-state index in [0.29, 0.717) is 28.1 Å². The maximum absolute atomic E-state index is 12.5. The Morgan fingerprint density at radius 3 is 2.77 bits per heavy atom. The van der Waals surface area contributed by atoms with Crippen LogP contribution in [0.4, 0.5) is 5.95 Å². The molecule has 31 heavy (non-hydrogen) atoms. The highest BCUT2D eigenvalue weighted by Crippen LogP contribution is 2.24. The average molecular weight is 473 g/mol. The number of aromatic nitrogens is 3. The zero-order valence-corrected chi connectivity index (χ0v) is 18.8. The van der Waals surface area contributed by atoms with E-state index >= 15 is 0 Å². The number of hydrogen-bond acceptors (Lipinski definition) is 5. The van der Waals surface area contributed by atoms with E-state index in [1.807, 2.05) is 48.7 Å². The van der Waals surface area contributed by atoms with Gasteiger partial charge in [-0.3, -0.25) is 10.1 Å². The van der Waals surface area contributed by atoms with Crippen molar-refractivity contribution in [3.63, 3.8) is 0 Å². The molecule has 0 saturated carbocycles. The molecule has 6 nitrogen and oxygen atoms in total. The van der Waals surface area contributed by atoms with Gasteiger partial charge in [0.25, 0.3) is 5.91 Å². The van der Waals surface area contributed by atoms with Gasteiger partial charge in [0.2, 0.25) is 5.95 Å². The van der Waals surface area contributed by atoms with Gasteiger partial charge in [-0.2, -0.15) is 0 Å². The monoisotopic (exact) mass is 472 g/mol. The minimum Gasteiger partial charge on any atom is -0.489 e. The molecule has 2 aromatic heterocycles. The third kappa shape index (κ3) is 5.64. The van der Waals surface area contributed by atoms with Crippen molar-refractivity contribution in [3.05, 3.63) is 91.9 Å². The van der Waals surface area contributed by atoms with E-state index in [4.69, 9.17) is 27.9 Å². The van der Waals surface area contributed by atoms with Crippen molar-refractivity contribution in [1.82, 2.24) is 14.8 Å². The summed E-state index contributed by atoms with van der Waals surface area (Å²) < 4.78 is 7.48. The number of aryl methyl sites for hydroxylation is 1. The number of halogens is 2. The van der Waals surface area contributed by atoms with E-state index in [1.54, 1.807) is 23.1 Å². The van der Waals surface area contributed by atoms with Crippen molar-refractivity contribution >= 4 is 46.4 Å². The standard InChI is InChI=1S/C22H18Cl2N4O2S/c1-14-7-18(24)5-6-19(14)30-11-16-9-20(31-12-16)21(29)26-22-25-13-28(27-22)10-15-3-2-4-17(23)8-15/h2-9,12-13H,10-11H2,1H3,(H,26,27,29). The van der Waals surface area contributed by atoms with Gasteiger partial charge >= 0.3 is 0 Å². The summed E-state index contributed by atoms with van der Waals surface area (Å²) in [6, 6.07) is 14.8. The van der Waals surface area contributed by atoms with Crippen LogP contribution in [0.2, 0.25) is 10.0 Å². The summed E-state index contributed by atoms with van der Waals surface area (Å²) in [4.78, 5) is 17.3. The number of anilines is 1. The highest BCUT2D eigenvalue weighted by molar-refractivity contribution is 7.12. The highest BCUT2D eigenvalue weighted by Gasteiger charge is 2.13. The van der Waals surface area contributed by atoms with Gasteiger partial charge in [-0.1, -0.05) is 35.3 Å². The van der Waals surface area contributed by atoms with Crippen LogP contribution in [0.3, 0.4) is 0 Å². The molecule has 0 spiro atoms. The van der Waals surface area contributed by atoms with Crippen molar-refractivity contribution < 1.29 is 9.53 Å². The van der Waals surface area contributed by atoms with Crippen LogP contribution in [0.5, 0.6) is 5.75 Å². The summed E-state index contributed by atoms with van der Waals surface area (Å²) in [7, 11) is 0. The number of carbonyl (C=O) groups is 1. The molecule has 1 N–H and O–H groups in total. The van der Waals surface area contributed by atoms with E-state index in [1.165, 1.54) is 11.3 Å². The SMILES string of the molecule is Cc1cc(Cl)ccc1OCc1csc(C(=O)Nc2ncn(Cc3cccc(Cl)c3)n2)c1. The molecule has 4 rings (SSSR count). The molecule has 2 heterocycles. The summed E-state index contributed by atoms with van der Waals surface area (Å²) in [5, 5.41) is 10.3. The van der Waals surface area contributed by atoms with Crippen LogP contribution in [0.25, 0.3) is 0 Å². The smallest absolute Gasteiger partial charge is 0.268 e. The fourth-order valence-corrected chi connectivity index (χ4v) is 4.15. The van der Waals surface area contributed by atoms with Gasteiger partial charge in [-0.05, 0) is 59.8 Å². The minimum absolute atomic E-state index is 0.245. The number of nitrogens with one attached hydrogen (secondary N) is 1. The third-order valence-corrected chi connectivity index (χ3v) is 5.85. The van der Waals surface area contributed by atoms with Crippen LogP contribution >= 0.6 is 34.5 Å². The molecule has 158 valence electrons. The van der Waals surface area contributed by atoms with Gasteiger partial charge in [0.1, 0.15) is 18.7 Å². The van der Waals surface area contributed by atoms with Gasteiger partial charge in [0.15, 0.2) is 0 Å². The first-order valence-corrected chi connectivity index (χ1v) is 11.0. The highest BCUT2D eigenvalue weighted by atomic mass is 35.5. The minimum atomic E-state index is -0.264. The summed E-state index contributed by atoms with van der Waals surface area (Å²) in [5.41, 5.74) is 2.86. The van der Waals surface area contributed by atoms with Gasteiger partial charge in [0, 0.05) is 15.6 Å². The van der Waals surface area contributed by atoms with Crippen LogP contribution in [-0.4, -0.2) is 20.7 Å². The van der Waals surface area contributed by atoms with E-state index in [0.717, 1.165) is 22.4 Å². The Morgan fingerprint density at radius 2 is 1.97 bits per heavy atom. The van der Waals surface area contributed by atoms with Crippen molar-refractivity contribution in [1.29, 1.82) is 0 Å². The first-order chi connectivity index (χ1) is 15.0. The molecule has 0 atom stereocenters. The second-order valence-corrected chi connectivity index (χ2v) is 8.65. The van der Waals surface area contributed by atoms with Crippen molar-refractivity contribution in [2.75, 3.05) is 5.32 Å². The molecule has 0 saturated heterocycles. The fourth-order valence-electron chi connectivity index (χ4n) is 2.92. The molecule has 1 amide bonds. The van der Waals surface area contributed by atoms with Crippen LogP contribution in [0.15, 0.2) is 60.2 Å². The third-order valence-electron chi connectivity index (χ3n) is 4.40. The maximum Gasteiger partial charge on any atom is 0.268 e. The van der Waals surface area contributed by atoms with E-state index in [9.17, 15) is 4.79 Å². The lowest BCUT2D eigenvalue weighted by Gasteiger charge is -2.08. The van der Waals surface area contributed by atoms with Gasteiger partial charge < -0.3 is 4.74 Å². The quantitative estimate of drug-likeness (QED) is 0.367. The lowest BCUT2D eigenvalue weighted by atomic mass is 10.2. The number of hydrogen-bond donors (Lipinski definition) is 1. The number of nitrogens with zero attached hydrogens (tertiary/aromatic N) is 3. The van der Waals surface area contributed by atoms with Gasteiger partial charge in [-0.15, -0.1) is 16.4 Å². The summed E-state index contributed by atoms with van der Waals surface area (Å²) in [5.74, 6) is 0.741. The predicted molar refractivity (Wildman–Crippen MR) is 123 cm³/mol. The molecule has 0 bridgehead atoms. The van der Waals surface area contributed by atoms with Crippen LogP contribution in [0.1, 0.15) is 26.4 Å². The molecular weight excluding hydrogens is 455 g/mol. The Kier molecular flexibility index (Phi) is 6.56. The zero-order chi connectivity index (χ0) is 21.8. The number of ether oxygens (including phenoxy) is 1.